The van der Waals surface area contributed by atoms with Gasteiger partial charge in [-0.15, -0.1) is 0 Å². The highest BCUT2D eigenvalue weighted by Gasteiger charge is 2.31. The van der Waals surface area contributed by atoms with Gasteiger partial charge in [0.25, 0.3) is 10.0 Å². The highest BCUT2D eigenvalue weighted by atomic mass is 32.2. The zero-order valence-electron chi connectivity index (χ0n) is 15.8. The molecule has 1 N–H and O–H groups in total. The number of aryl methyl sites for hydroxylation is 1. The number of nitrogens with zero attached hydrogens (tertiary/aromatic N) is 2. The SMILES string of the molecule is COC(=O)c1ccc(S(=O)(=O)Nc2cc(C)nn2-c2cccc(C(F)(F)F)c2)cc1. The summed E-state index contributed by atoms with van der Waals surface area (Å²) >= 11 is 0. The fraction of sp³-hybridized carbons (Fsp3) is 0.158. The van der Waals surface area contributed by atoms with Crippen molar-refractivity contribution >= 4 is 21.8 Å². The van der Waals surface area contributed by atoms with Crippen molar-refractivity contribution in [2.75, 3.05) is 11.8 Å². The third kappa shape index (κ3) is 4.46. The Labute approximate surface area is 170 Å². The highest BCUT2D eigenvalue weighted by molar-refractivity contribution is 7.92. The van der Waals surface area contributed by atoms with Crippen molar-refractivity contribution in [3.05, 3.63) is 71.4 Å². The monoisotopic (exact) mass is 439 g/mol. The van der Waals surface area contributed by atoms with E-state index in [2.05, 4.69) is 14.6 Å². The summed E-state index contributed by atoms with van der Waals surface area (Å²) in [6.45, 7) is 1.58. The fourth-order valence-electron chi connectivity index (χ4n) is 2.67. The van der Waals surface area contributed by atoms with E-state index in [9.17, 15) is 26.4 Å². The third-order valence-electron chi connectivity index (χ3n) is 4.07. The van der Waals surface area contributed by atoms with E-state index in [4.69, 9.17) is 0 Å². The van der Waals surface area contributed by atoms with E-state index in [-0.39, 0.29) is 22.0 Å². The van der Waals surface area contributed by atoms with Gasteiger partial charge in [0.2, 0.25) is 0 Å². The zero-order valence-corrected chi connectivity index (χ0v) is 16.6. The summed E-state index contributed by atoms with van der Waals surface area (Å²) in [6.07, 6.45) is -4.56. The fourth-order valence-corrected chi connectivity index (χ4v) is 3.70. The summed E-state index contributed by atoms with van der Waals surface area (Å²) in [5.74, 6) is -0.658. The second-order valence-electron chi connectivity index (χ2n) is 6.25. The maximum Gasteiger partial charge on any atom is 0.416 e. The van der Waals surface area contributed by atoms with Crippen LogP contribution in [0, 0.1) is 6.92 Å². The average Bonchev–Trinajstić information content (AvgIpc) is 3.06. The number of carbonyl (C=O) groups excluding carboxylic acids is 1. The lowest BCUT2D eigenvalue weighted by molar-refractivity contribution is -0.137. The third-order valence-corrected chi connectivity index (χ3v) is 5.44. The first-order valence-corrected chi connectivity index (χ1v) is 9.95. The van der Waals surface area contributed by atoms with Gasteiger partial charge in [0.1, 0.15) is 5.82 Å². The van der Waals surface area contributed by atoms with E-state index in [0.717, 1.165) is 16.8 Å². The highest BCUT2D eigenvalue weighted by Crippen LogP contribution is 2.31. The molecule has 0 saturated carbocycles. The Morgan fingerprint density at radius 1 is 1.10 bits per heavy atom. The number of hydrogen-bond donors (Lipinski definition) is 1. The Bertz CT molecular complexity index is 1190. The first kappa shape index (κ1) is 21.4. The Kier molecular flexibility index (Phi) is 5.57. The van der Waals surface area contributed by atoms with Crippen LogP contribution in [-0.2, 0) is 20.9 Å². The van der Waals surface area contributed by atoms with E-state index in [1.807, 2.05) is 0 Å². The molecule has 0 fully saturated rings. The molecule has 3 aromatic rings. The largest absolute Gasteiger partial charge is 0.465 e. The van der Waals surface area contributed by atoms with Crippen LogP contribution < -0.4 is 4.72 Å². The molecular weight excluding hydrogens is 423 g/mol. The van der Waals surface area contributed by atoms with Crippen molar-refractivity contribution in [1.82, 2.24) is 9.78 Å². The van der Waals surface area contributed by atoms with E-state index >= 15 is 0 Å². The van der Waals surface area contributed by atoms with Gasteiger partial charge in [0.15, 0.2) is 0 Å². The maximum atomic E-state index is 13.0. The smallest absolute Gasteiger partial charge is 0.416 e. The molecule has 158 valence electrons. The number of methoxy groups -OCH3 is 1. The van der Waals surface area contributed by atoms with Crippen LogP contribution in [0.1, 0.15) is 21.6 Å². The Morgan fingerprint density at radius 3 is 2.37 bits per heavy atom. The number of halogens is 3. The lowest BCUT2D eigenvalue weighted by atomic mass is 10.2. The molecule has 30 heavy (non-hydrogen) atoms. The molecule has 0 radical (unpaired) electrons. The van der Waals surface area contributed by atoms with Gasteiger partial charge >= 0.3 is 12.1 Å². The molecule has 7 nitrogen and oxygen atoms in total. The van der Waals surface area contributed by atoms with Gasteiger partial charge in [0, 0.05) is 6.07 Å². The molecule has 0 aliphatic rings. The van der Waals surface area contributed by atoms with Crippen LogP contribution in [0.3, 0.4) is 0 Å². The van der Waals surface area contributed by atoms with Crippen molar-refractivity contribution in [1.29, 1.82) is 0 Å². The molecule has 0 unspecified atom stereocenters. The number of ether oxygens (including phenoxy) is 1. The molecule has 0 spiro atoms. The zero-order chi connectivity index (χ0) is 22.1. The van der Waals surface area contributed by atoms with Crippen LogP contribution in [0.15, 0.2) is 59.5 Å². The number of benzene rings is 2. The van der Waals surface area contributed by atoms with E-state index in [1.165, 1.54) is 49.6 Å². The van der Waals surface area contributed by atoms with Gasteiger partial charge in [-0.25, -0.2) is 17.9 Å². The summed E-state index contributed by atoms with van der Waals surface area (Å²) in [7, 11) is -2.90. The molecule has 11 heteroatoms. The van der Waals surface area contributed by atoms with Crippen LogP contribution in [0.4, 0.5) is 19.0 Å². The summed E-state index contributed by atoms with van der Waals surface area (Å²) in [6, 6.07) is 10.8. The van der Waals surface area contributed by atoms with Crippen LogP contribution in [0.5, 0.6) is 0 Å². The first-order valence-electron chi connectivity index (χ1n) is 8.47. The molecule has 1 heterocycles. The van der Waals surface area contributed by atoms with Gasteiger partial charge in [-0.2, -0.15) is 18.3 Å². The lowest BCUT2D eigenvalue weighted by Gasteiger charge is -2.13. The molecule has 0 saturated heterocycles. The number of hydrogen-bond acceptors (Lipinski definition) is 5. The van der Waals surface area contributed by atoms with Crippen LogP contribution in [-0.4, -0.2) is 31.3 Å². The van der Waals surface area contributed by atoms with Crippen molar-refractivity contribution in [3.8, 4) is 5.69 Å². The van der Waals surface area contributed by atoms with E-state index in [0.29, 0.717) is 5.69 Å². The maximum absolute atomic E-state index is 13.0. The minimum Gasteiger partial charge on any atom is -0.465 e. The molecular formula is C19H16F3N3O4S. The van der Waals surface area contributed by atoms with Gasteiger partial charge in [-0.3, -0.25) is 4.72 Å². The predicted octanol–water partition coefficient (Wildman–Crippen LogP) is 3.79. The number of nitrogens with one attached hydrogen (secondary N) is 1. The van der Waals surface area contributed by atoms with Crippen LogP contribution in [0.25, 0.3) is 5.69 Å². The van der Waals surface area contributed by atoms with Crippen LogP contribution >= 0.6 is 0 Å². The summed E-state index contributed by atoms with van der Waals surface area (Å²) in [4.78, 5) is 11.3. The molecule has 2 aromatic carbocycles. The van der Waals surface area contributed by atoms with Gasteiger partial charge in [-0.05, 0) is 49.4 Å². The van der Waals surface area contributed by atoms with E-state index < -0.39 is 27.7 Å². The van der Waals surface area contributed by atoms with Crippen molar-refractivity contribution in [2.24, 2.45) is 0 Å². The second-order valence-corrected chi connectivity index (χ2v) is 7.93. The normalized spacial score (nSPS) is 11.9. The topological polar surface area (TPSA) is 90.3 Å². The van der Waals surface area contributed by atoms with Gasteiger partial charge < -0.3 is 4.74 Å². The molecule has 0 aliphatic heterocycles. The first-order chi connectivity index (χ1) is 14.0. The molecule has 1 aromatic heterocycles. The van der Waals surface area contributed by atoms with Crippen LogP contribution in [0.2, 0.25) is 0 Å². The number of sulfonamides is 1. The minimum atomic E-state index is -4.56. The number of alkyl halides is 3. The standard InChI is InChI=1S/C19H16F3N3O4S/c1-12-10-17(25(23-12)15-5-3-4-14(11-15)19(20,21)22)24-30(27,28)16-8-6-13(7-9-16)18(26)29-2/h3-11,24H,1-2H3. The Morgan fingerprint density at radius 2 is 1.77 bits per heavy atom. The molecule has 0 atom stereocenters. The predicted molar refractivity (Wildman–Crippen MR) is 102 cm³/mol. The quantitative estimate of drug-likeness (QED) is 0.611. The minimum absolute atomic E-state index is 0.0381. The van der Waals surface area contributed by atoms with Crippen molar-refractivity contribution in [2.45, 2.75) is 18.0 Å². The number of carbonyl (C=O) groups is 1. The molecule has 0 amide bonds. The summed E-state index contributed by atoms with van der Waals surface area (Å²) in [5, 5.41) is 4.09. The van der Waals surface area contributed by atoms with Gasteiger partial charge in [0.05, 0.1) is 34.5 Å². The van der Waals surface area contributed by atoms with Crippen molar-refractivity contribution in [3.63, 3.8) is 0 Å². The molecule has 0 bridgehead atoms. The van der Waals surface area contributed by atoms with Gasteiger partial charge in [-0.1, -0.05) is 6.07 Å². The molecule has 0 aliphatic carbocycles. The summed E-state index contributed by atoms with van der Waals surface area (Å²) < 4.78 is 72.5. The molecule has 3 rings (SSSR count). The number of esters is 1. The Balaban J connectivity index is 1.96. The summed E-state index contributed by atoms with van der Waals surface area (Å²) in [5.41, 5.74) is -0.288. The Hall–Kier alpha value is -3.34. The average molecular weight is 439 g/mol. The number of anilines is 1. The lowest BCUT2D eigenvalue weighted by Crippen LogP contribution is -2.16. The van der Waals surface area contributed by atoms with Crippen molar-refractivity contribution < 1.29 is 31.1 Å². The second kappa shape index (κ2) is 7.82. The van der Waals surface area contributed by atoms with E-state index in [1.54, 1.807) is 6.92 Å². The number of aromatic nitrogens is 2. The number of rotatable bonds is 5.